The van der Waals surface area contributed by atoms with Crippen molar-refractivity contribution >= 4 is 42.2 Å². The summed E-state index contributed by atoms with van der Waals surface area (Å²) in [7, 11) is 0. The van der Waals surface area contributed by atoms with Crippen LogP contribution in [0.1, 0.15) is 0 Å². The monoisotopic (exact) mass is 230 g/mol. The second-order valence-corrected chi connectivity index (χ2v) is 2.87. The van der Waals surface area contributed by atoms with Crippen LogP contribution in [0.4, 0.5) is 0 Å². The second-order valence-electron chi connectivity index (χ2n) is 2.41. The molecule has 2 aromatic rings. The smallest absolute Gasteiger partial charge is 0.248 e. The minimum atomic E-state index is 0. The first kappa shape index (κ1) is 14.5. The van der Waals surface area contributed by atoms with E-state index in [-0.39, 0.29) is 29.6 Å². The molecule has 0 N–H and O–H groups in total. The summed E-state index contributed by atoms with van der Waals surface area (Å²) in [6.07, 6.45) is 4.91. The van der Waals surface area contributed by atoms with Gasteiger partial charge in [0.15, 0.2) is 6.20 Å². The van der Waals surface area contributed by atoms with Gasteiger partial charge < -0.3 is 5.21 Å². The fraction of sp³-hybridized carbons (Fsp3) is 0. The molecule has 0 radical (unpaired) electrons. The van der Waals surface area contributed by atoms with Gasteiger partial charge in [-0.15, -0.1) is 0 Å². The Kier molecular flexibility index (Phi) is 8.41. The van der Waals surface area contributed by atoms with Crippen molar-refractivity contribution in [2.24, 2.45) is 0 Å². The summed E-state index contributed by atoms with van der Waals surface area (Å²) in [5.74, 6) is 0. The fourth-order valence-corrected chi connectivity index (χ4v) is 0.885. The van der Waals surface area contributed by atoms with Crippen molar-refractivity contribution in [2.75, 3.05) is 0 Å². The summed E-state index contributed by atoms with van der Waals surface area (Å²) < 4.78 is 0.698. The van der Waals surface area contributed by atoms with Crippen LogP contribution in [0.15, 0.2) is 60.0 Å². The largest absolute Gasteiger partial charge is 0.618 e. The van der Waals surface area contributed by atoms with Crippen molar-refractivity contribution in [2.45, 2.75) is 5.03 Å². The van der Waals surface area contributed by atoms with Crippen LogP contribution in [0.2, 0.25) is 0 Å². The molecule has 0 aliphatic carbocycles. The number of rotatable bonds is 0. The summed E-state index contributed by atoms with van der Waals surface area (Å²) in [5.41, 5.74) is 0. The molecule has 0 amide bonds. The molecule has 0 fully saturated rings. The zero-order valence-corrected chi connectivity index (χ0v) is 8.34. The summed E-state index contributed by atoms with van der Waals surface area (Å²) in [4.78, 5) is 3.78. The third-order valence-corrected chi connectivity index (χ3v) is 1.72. The van der Waals surface area contributed by atoms with E-state index in [1.807, 2.05) is 18.2 Å². The zero-order chi connectivity index (χ0) is 10.2. The maximum absolute atomic E-state index is 10.5. The number of hydrogen-bond donors (Lipinski definition) is 1. The summed E-state index contributed by atoms with van der Waals surface area (Å²) in [6.45, 7) is 0. The topological polar surface area (TPSA) is 39.8 Å². The van der Waals surface area contributed by atoms with Gasteiger partial charge in [-0.3, -0.25) is 4.98 Å². The first-order valence-corrected chi connectivity index (χ1v) is 4.47. The average molecular weight is 230 g/mol. The van der Waals surface area contributed by atoms with Crippen molar-refractivity contribution < 1.29 is 4.73 Å². The normalized spacial score (nSPS) is 8.07. The molecule has 0 bridgehead atoms. The standard InChI is InChI=1S/C5H5NOS.C5H5N.Na.H/c7-6-4-2-1-3-5(6)8;1-2-4-6-5-3-1;;/h1-4,8H;1-5H;;. The van der Waals surface area contributed by atoms with Gasteiger partial charge in [0.1, 0.15) is 0 Å². The summed E-state index contributed by atoms with van der Waals surface area (Å²) in [6, 6.07) is 10.8. The molecule has 0 aliphatic heterocycles. The van der Waals surface area contributed by atoms with Crippen molar-refractivity contribution in [3.05, 3.63) is 60.2 Å². The first-order chi connectivity index (χ1) is 6.80. The van der Waals surface area contributed by atoms with Crippen molar-refractivity contribution in [1.29, 1.82) is 0 Å². The molecule has 0 atom stereocenters. The van der Waals surface area contributed by atoms with E-state index in [1.165, 1.54) is 6.20 Å². The van der Waals surface area contributed by atoms with E-state index in [9.17, 15) is 5.21 Å². The molecule has 0 unspecified atom stereocenters. The van der Waals surface area contributed by atoms with E-state index < -0.39 is 0 Å². The minimum Gasteiger partial charge on any atom is -0.618 e. The van der Waals surface area contributed by atoms with Gasteiger partial charge in [0.05, 0.1) is 0 Å². The average Bonchev–Trinajstić information content (AvgIpc) is 2.26. The van der Waals surface area contributed by atoms with Crippen LogP contribution in [-0.4, -0.2) is 34.5 Å². The molecule has 2 aromatic heterocycles. The van der Waals surface area contributed by atoms with Crippen molar-refractivity contribution in [3.8, 4) is 0 Å². The van der Waals surface area contributed by atoms with Crippen LogP contribution in [-0.2, 0) is 0 Å². The Morgan fingerprint density at radius 1 is 1.07 bits per heavy atom. The van der Waals surface area contributed by atoms with Gasteiger partial charge in [-0.05, 0) is 18.2 Å². The molecular formula is C10H11N2NaOS. The maximum Gasteiger partial charge on any atom is 0.248 e. The van der Waals surface area contributed by atoms with Crippen LogP contribution in [0.25, 0.3) is 0 Å². The van der Waals surface area contributed by atoms with E-state index in [0.29, 0.717) is 9.76 Å². The number of aromatic nitrogens is 2. The third kappa shape index (κ3) is 6.52. The Hall–Kier alpha value is -0.550. The van der Waals surface area contributed by atoms with Crippen molar-refractivity contribution in [3.63, 3.8) is 0 Å². The Bertz CT molecular complexity index is 325. The molecule has 5 heteroatoms. The Morgan fingerprint density at radius 3 is 2.00 bits per heavy atom. The second kappa shape index (κ2) is 8.73. The zero-order valence-electron chi connectivity index (χ0n) is 7.45. The predicted octanol–water partition coefficient (Wildman–Crippen LogP) is 1.04. The third-order valence-electron chi connectivity index (χ3n) is 1.37. The van der Waals surface area contributed by atoms with Crippen LogP contribution < -0.4 is 4.73 Å². The molecule has 0 aliphatic rings. The predicted molar refractivity (Wildman–Crippen MR) is 64.0 cm³/mol. The molecule has 2 heterocycles. The van der Waals surface area contributed by atoms with E-state index >= 15 is 0 Å². The minimum absolute atomic E-state index is 0. The molecule has 3 nitrogen and oxygen atoms in total. The van der Waals surface area contributed by atoms with Gasteiger partial charge in [-0.1, -0.05) is 18.7 Å². The van der Waals surface area contributed by atoms with Crippen LogP contribution >= 0.6 is 12.6 Å². The van der Waals surface area contributed by atoms with E-state index in [2.05, 4.69) is 17.6 Å². The Balaban J connectivity index is 0.000000253. The van der Waals surface area contributed by atoms with Gasteiger partial charge in [-0.25, -0.2) is 0 Å². The molecule has 2 rings (SSSR count). The number of hydrogen-bond acceptors (Lipinski definition) is 3. The van der Waals surface area contributed by atoms with E-state index in [1.54, 1.807) is 30.6 Å². The maximum atomic E-state index is 10.5. The van der Waals surface area contributed by atoms with Crippen molar-refractivity contribution in [1.82, 2.24) is 4.98 Å². The molecular weight excluding hydrogens is 219 g/mol. The quantitative estimate of drug-likeness (QED) is 0.318. The first-order valence-electron chi connectivity index (χ1n) is 4.03. The number of nitrogens with zero attached hydrogens (tertiary/aromatic N) is 2. The van der Waals surface area contributed by atoms with Gasteiger partial charge in [0.2, 0.25) is 5.03 Å². The van der Waals surface area contributed by atoms with Crippen LogP contribution in [0.3, 0.4) is 0 Å². The Labute approximate surface area is 116 Å². The molecule has 74 valence electrons. The molecule has 0 saturated heterocycles. The molecule has 15 heavy (non-hydrogen) atoms. The molecule has 0 spiro atoms. The van der Waals surface area contributed by atoms with E-state index in [4.69, 9.17) is 0 Å². The van der Waals surface area contributed by atoms with Crippen LogP contribution in [0, 0.1) is 5.21 Å². The van der Waals surface area contributed by atoms with Gasteiger partial charge >= 0.3 is 29.6 Å². The van der Waals surface area contributed by atoms with E-state index in [0.717, 1.165) is 0 Å². The van der Waals surface area contributed by atoms with Gasteiger partial charge in [-0.2, -0.15) is 4.73 Å². The van der Waals surface area contributed by atoms with Gasteiger partial charge in [0, 0.05) is 24.5 Å². The fourth-order valence-electron chi connectivity index (χ4n) is 0.732. The SMILES string of the molecule is [NaH].[O-][n+]1ccccc1S.c1ccncc1. The molecule has 0 saturated carbocycles. The number of pyridine rings is 2. The number of thiol groups is 1. The summed E-state index contributed by atoms with van der Waals surface area (Å²) in [5, 5.41) is 10.9. The van der Waals surface area contributed by atoms with Crippen LogP contribution in [0.5, 0.6) is 0 Å². The summed E-state index contributed by atoms with van der Waals surface area (Å²) >= 11 is 3.85. The molecule has 0 aromatic carbocycles. The Morgan fingerprint density at radius 2 is 1.73 bits per heavy atom. The van der Waals surface area contributed by atoms with Gasteiger partial charge in [0.25, 0.3) is 0 Å².